The third-order valence-electron chi connectivity index (χ3n) is 3.67. The van der Waals surface area contributed by atoms with Crippen molar-refractivity contribution in [1.29, 1.82) is 0 Å². The Morgan fingerprint density at radius 3 is 2.81 bits per heavy atom. The van der Waals surface area contributed by atoms with Gasteiger partial charge < -0.3 is 15.2 Å². The molecule has 1 heterocycles. The van der Waals surface area contributed by atoms with Crippen molar-refractivity contribution in [3.63, 3.8) is 0 Å². The average Bonchev–Trinajstić information content (AvgIpc) is 2.85. The minimum Gasteiger partial charge on any atom is -0.493 e. The van der Waals surface area contributed by atoms with Crippen LogP contribution in [0.1, 0.15) is 25.8 Å². The lowest BCUT2D eigenvalue weighted by atomic mass is 10.2. The van der Waals surface area contributed by atoms with Crippen LogP contribution in [0.25, 0.3) is 0 Å². The molecule has 1 aromatic rings. The highest BCUT2D eigenvalue weighted by Crippen LogP contribution is 2.29. The number of rotatable bonds is 6. The predicted molar refractivity (Wildman–Crippen MR) is 85.8 cm³/mol. The Morgan fingerprint density at radius 2 is 2.19 bits per heavy atom. The molecule has 1 fully saturated rings. The highest BCUT2D eigenvalue weighted by Gasteiger charge is 2.19. The van der Waals surface area contributed by atoms with E-state index in [1.807, 2.05) is 6.07 Å². The highest BCUT2D eigenvalue weighted by atomic mass is 16.5. The molecule has 0 aliphatic carbocycles. The minimum atomic E-state index is 0.318. The Hall–Kier alpha value is -1.52. The second-order valence-corrected chi connectivity index (χ2v) is 5.86. The van der Waals surface area contributed by atoms with E-state index in [1.54, 1.807) is 7.11 Å². The Bertz CT molecular complexity index is 496. The van der Waals surface area contributed by atoms with E-state index in [9.17, 15) is 0 Å². The maximum Gasteiger partial charge on any atom is 0.161 e. The van der Waals surface area contributed by atoms with Gasteiger partial charge in [0.15, 0.2) is 11.5 Å². The number of allylic oxidation sites excluding steroid dienone is 1. The zero-order chi connectivity index (χ0) is 15.2. The SMILES string of the molecule is COc1cc(CN2CC[C@@H](N)C2)ccc1OCC=C(C)C. The van der Waals surface area contributed by atoms with Gasteiger partial charge in [0.05, 0.1) is 7.11 Å². The number of nitrogens with two attached hydrogens (primary N) is 1. The van der Waals surface area contributed by atoms with Crippen molar-refractivity contribution < 1.29 is 9.47 Å². The molecule has 0 radical (unpaired) electrons. The number of likely N-dealkylation sites (tertiary alicyclic amines) is 1. The van der Waals surface area contributed by atoms with Crippen LogP contribution in [0.3, 0.4) is 0 Å². The first-order valence-electron chi connectivity index (χ1n) is 7.49. The van der Waals surface area contributed by atoms with E-state index in [1.165, 1.54) is 11.1 Å². The van der Waals surface area contributed by atoms with Crippen molar-refractivity contribution in [2.45, 2.75) is 32.9 Å². The summed E-state index contributed by atoms with van der Waals surface area (Å²) in [5.74, 6) is 1.58. The summed E-state index contributed by atoms with van der Waals surface area (Å²) in [6, 6.07) is 6.47. The fraction of sp³-hybridized carbons (Fsp3) is 0.529. The number of benzene rings is 1. The van der Waals surface area contributed by atoms with E-state index < -0.39 is 0 Å². The van der Waals surface area contributed by atoms with E-state index in [2.05, 4.69) is 37.0 Å². The normalized spacial score (nSPS) is 18.6. The van der Waals surface area contributed by atoms with Gasteiger partial charge in [-0.2, -0.15) is 0 Å². The van der Waals surface area contributed by atoms with Gasteiger partial charge in [-0.15, -0.1) is 0 Å². The molecule has 0 saturated carbocycles. The Morgan fingerprint density at radius 1 is 1.38 bits per heavy atom. The van der Waals surface area contributed by atoms with Crippen molar-refractivity contribution in [1.82, 2.24) is 4.90 Å². The monoisotopic (exact) mass is 290 g/mol. The van der Waals surface area contributed by atoms with Gasteiger partial charge in [-0.25, -0.2) is 0 Å². The predicted octanol–water partition coefficient (Wildman–Crippen LogP) is 2.57. The summed E-state index contributed by atoms with van der Waals surface area (Å²) >= 11 is 0. The molecule has 1 atom stereocenters. The second kappa shape index (κ2) is 7.48. The van der Waals surface area contributed by atoms with Crippen LogP contribution in [-0.4, -0.2) is 37.7 Å². The molecule has 0 bridgehead atoms. The molecular formula is C17H26N2O2. The maximum absolute atomic E-state index is 5.95. The molecule has 0 aromatic heterocycles. The summed E-state index contributed by atoms with van der Waals surface area (Å²) in [4.78, 5) is 2.38. The molecule has 0 unspecified atom stereocenters. The number of hydrogen-bond donors (Lipinski definition) is 1. The third kappa shape index (κ3) is 4.76. The standard InChI is InChI=1S/C17H26N2O2/c1-13(2)7-9-21-16-5-4-14(10-17(16)20-3)11-19-8-6-15(18)12-19/h4-5,7,10,15H,6,8-9,11-12,18H2,1-3H3/t15-/m1/s1. The first-order valence-corrected chi connectivity index (χ1v) is 7.49. The van der Waals surface area contributed by atoms with Gasteiger partial charge in [-0.05, 0) is 44.0 Å². The van der Waals surface area contributed by atoms with Crippen molar-refractivity contribution in [3.05, 3.63) is 35.4 Å². The van der Waals surface area contributed by atoms with E-state index in [4.69, 9.17) is 15.2 Å². The molecule has 4 heteroatoms. The number of ether oxygens (including phenoxy) is 2. The molecule has 0 amide bonds. The molecule has 116 valence electrons. The summed E-state index contributed by atoms with van der Waals surface area (Å²) in [7, 11) is 1.68. The van der Waals surface area contributed by atoms with Gasteiger partial charge >= 0.3 is 0 Å². The van der Waals surface area contributed by atoms with Crippen molar-refractivity contribution in [3.8, 4) is 11.5 Å². The van der Waals surface area contributed by atoms with Gasteiger partial charge in [-0.1, -0.05) is 11.6 Å². The third-order valence-corrected chi connectivity index (χ3v) is 3.67. The summed E-state index contributed by atoms with van der Waals surface area (Å²) < 4.78 is 11.2. The fourth-order valence-electron chi connectivity index (χ4n) is 2.49. The van der Waals surface area contributed by atoms with Crippen LogP contribution in [0.2, 0.25) is 0 Å². The molecule has 4 nitrogen and oxygen atoms in total. The Labute approximate surface area is 127 Å². The molecule has 2 rings (SSSR count). The Balaban J connectivity index is 2.00. The average molecular weight is 290 g/mol. The first-order chi connectivity index (χ1) is 10.1. The van der Waals surface area contributed by atoms with Gasteiger partial charge in [0.1, 0.15) is 6.61 Å². The van der Waals surface area contributed by atoms with Crippen LogP contribution in [0, 0.1) is 0 Å². The fourth-order valence-corrected chi connectivity index (χ4v) is 2.49. The Kier molecular flexibility index (Phi) is 5.65. The zero-order valence-electron chi connectivity index (χ0n) is 13.3. The summed E-state index contributed by atoms with van der Waals surface area (Å²) in [6.07, 6.45) is 3.14. The quantitative estimate of drug-likeness (QED) is 0.818. The molecule has 1 aliphatic heterocycles. The summed E-state index contributed by atoms with van der Waals surface area (Å²) in [5.41, 5.74) is 8.42. The first kappa shape index (κ1) is 15.9. The van der Waals surface area contributed by atoms with Crippen molar-refractivity contribution >= 4 is 0 Å². The topological polar surface area (TPSA) is 47.7 Å². The molecule has 1 saturated heterocycles. The molecule has 21 heavy (non-hydrogen) atoms. The second-order valence-electron chi connectivity index (χ2n) is 5.86. The number of methoxy groups -OCH3 is 1. The maximum atomic E-state index is 5.95. The minimum absolute atomic E-state index is 0.318. The lowest BCUT2D eigenvalue weighted by Gasteiger charge is -2.17. The van der Waals surface area contributed by atoms with Gasteiger partial charge in [0, 0.05) is 25.7 Å². The van der Waals surface area contributed by atoms with Crippen molar-refractivity contribution in [2.24, 2.45) is 5.73 Å². The molecule has 1 aromatic carbocycles. The van der Waals surface area contributed by atoms with Crippen LogP contribution in [0.15, 0.2) is 29.8 Å². The van der Waals surface area contributed by atoms with Gasteiger partial charge in [0.25, 0.3) is 0 Å². The van der Waals surface area contributed by atoms with Crippen LogP contribution in [0.5, 0.6) is 11.5 Å². The molecule has 0 spiro atoms. The zero-order valence-corrected chi connectivity index (χ0v) is 13.3. The van der Waals surface area contributed by atoms with Crippen LogP contribution in [-0.2, 0) is 6.54 Å². The highest BCUT2D eigenvalue weighted by molar-refractivity contribution is 5.43. The number of nitrogens with zero attached hydrogens (tertiary/aromatic N) is 1. The molecule has 2 N–H and O–H groups in total. The smallest absolute Gasteiger partial charge is 0.161 e. The molecule has 1 aliphatic rings. The largest absolute Gasteiger partial charge is 0.493 e. The summed E-state index contributed by atoms with van der Waals surface area (Å²) in [6.45, 7) is 7.65. The number of hydrogen-bond acceptors (Lipinski definition) is 4. The van der Waals surface area contributed by atoms with Crippen molar-refractivity contribution in [2.75, 3.05) is 26.8 Å². The van der Waals surface area contributed by atoms with Crippen LogP contribution < -0.4 is 15.2 Å². The van der Waals surface area contributed by atoms with E-state index in [0.29, 0.717) is 12.6 Å². The lowest BCUT2D eigenvalue weighted by Crippen LogP contribution is -2.26. The van der Waals surface area contributed by atoms with Crippen LogP contribution >= 0.6 is 0 Å². The molecular weight excluding hydrogens is 264 g/mol. The van der Waals surface area contributed by atoms with E-state index in [-0.39, 0.29) is 0 Å². The lowest BCUT2D eigenvalue weighted by molar-refractivity contribution is 0.317. The van der Waals surface area contributed by atoms with Gasteiger partial charge in [-0.3, -0.25) is 4.90 Å². The van der Waals surface area contributed by atoms with E-state index >= 15 is 0 Å². The van der Waals surface area contributed by atoms with Crippen LogP contribution in [0.4, 0.5) is 0 Å². The van der Waals surface area contributed by atoms with Gasteiger partial charge in [0.2, 0.25) is 0 Å². The van der Waals surface area contributed by atoms with E-state index in [0.717, 1.165) is 37.6 Å². The summed E-state index contributed by atoms with van der Waals surface area (Å²) in [5, 5.41) is 0.